The van der Waals surface area contributed by atoms with Crippen LogP contribution in [0, 0.1) is 5.82 Å². The van der Waals surface area contributed by atoms with Crippen molar-refractivity contribution < 1.29 is 13.9 Å². The fourth-order valence-corrected chi connectivity index (χ4v) is 2.38. The Labute approximate surface area is 132 Å². The van der Waals surface area contributed by atoms with Gasteiger partial charge in [0.1, 0.15) is 23.9 Å². The number of nitrogens with two attached hydrogens (primary N) is 1. The maximum Gasteiger partial charge on any atom is 0.129 e. The number of benzene rings is 2. The molecular formula is C16H17BrFNO2. The average molecular weight is 354 g/mol. The molecular weight excluding hydrogens is 337 g/mol. The number of halogens is 2. The molecule has 0 bridgehead atoms. The van der Waals surface area contributed by atoms with Crippen LogP contribution in [0.25, 0.3) is 0 Å². The van der Waals surface area contributed by atoms with Gasteiger partial charge in [-0.1, -0.05) is 22.0 Å². The third-order valence-electron chi connectivity index (χ3n) is 3.08. The van der Waals surface area contributed by atoms with Gasteiger partial charge < -0.3 is 15.2 Å². The van der Waals surface area contributed by atoms with E-state index in [1.807, 2.05) is 12.1 Å². The molecule has 112 valence electrons. The predicted octanol–water partition coefficient (Wildman–Crippen LogP) is 3.68. The van der Waals surface area contributed by atoms with Crippen LogP contribution in [0.5, 0.6) is 11.5 Å². The molecule has 0 atom stereocenters. The summed E-state index contributed by atoms with van der Waals surface area (Å²) in [5, 5.41) is 0. The van der Waals surface area contributed by atoms with E-state index in [1.54, 1.807) is 25.3 Å². The van der Waals surface area contributed by atoms with Crippen molar-refractivity contribution in [2.75, 3.05) is 13.7 Å². The molecule has 0 amide bonds. The maximum atomic E-state index is 13.7. The molecule has 2 rings (SSSR count). The summed E-state index contributed by atoms with van der Waals surface area (Å²) < 4.78 is 25.5. The molecule has 0 aliphatic carbocycles. The maximum absolute atomic E-state index is 13.7. The van der Waals surface area contributed by atoms with Crippen LogP contribution in [0.1, 0.15) is 11.1 Å². The molecule has 3 nitrogen and oxygen atoms in total. The Bertz CT molecular complexity index is 619. The molecule has 0 fully saturated rings. The minimum absolute atomic E-state index is 0.149. The Morgan fingerprint density at radius 1 is 1.14 bits per heavy atom. The molecule has 0 heterocycles. The zero-order chi connectivity index (χ0) is 15.2. The molecule has 0 aliphatic rings. The molecule has 0 saturated carbocycles. The molecule has 2 N–H and O–H groups in total. The third kappa shape index (κ3) is 4.19. The van der Waals surface area contributed by atoms with Crippen molar-refractivity contribution >= 4 is 15.9 Å². The van der Waals surface area contributed by atoms with E-state index in [1.165, 1.54) is 6.07 Å². The Morgan fingerprint density at radius 2 is 1.95 bits per heavy atom. The second-order valence-corrected chi connectivity index (χ2v) is 5.45. The van der Waals surface area contributed by atoms with Gasteiger partial charge in [0.05, 0.1) is 7.11 Å². The summed E-state index contributed by atoms with van der Waals surface area (Å²) >= 11 is 3.33. The Morgan fingerprint density at radius 3 is 2.67 bits per heavy atom. The van der Waals surface area contributed by atoms with Crippen molar-refractivity contribution in [1.29, 1.82) is 0 Å². The van der Waals surface area contributed by atoms with Gasteiger partial charge >= 0.3 is 0 Å². The third-order valence-corrected chi connectivity index (χ3v) is 3.57. The second kappa shape index (κ2) is 7.43. The second-order valence-electron chi connectivity index (χ2n) is 4.54. The number of hydrogen-bond donors (Lipinski definition) is 1. The first-order valence-electron chi connectivity index (χ1n) is 6.57. The first-order chi connectivity index (χ1) is 10.1. The fourth-order valence-electron chi connectivity index (χ4n) is 1.97. The van der Waals surface area contributed by atoms with E-state index in [9.17, 15) is 4.39 Å². The van der Waals surface area contributed by atoms with Gasteiger partial charge in [-0.2, -0.15) is 0 Å². The molecule has 0 aliphatic heterocycles. The van der Waals surface area contributed by atoms with E-state index >= 15 is 0 Å². The van der Waals surface area contributed by atoms with Crippen LogP contribution in [0.15, 0.2) is 40.9 Å². The average Bonchev–Trinajstić information content (AvgIpc) is 2.49. The highest BCUT2D eigenvalue weighted by Crippen LogP contribution is 2.26. The molecule has 21 heavy (non-hydrogen) atoms. The van der Waals surface area contributed by atoms with Crippen LogP contribution in [-0.4, -0.2) is 13.7 Å². The number of rotatable bonds is 6. The quantitative estimate of drug-likeness (QED) is 0.861. The molecule has 0 unspecified atom stereocenters. The molecule has 2 aromatic carbocycles. The van der Waals surface area contributed by atoms with Crippen molar-refractivity contribution in [1.82, 2.24) is 0 Å². The molecule has 5 heteroatoms. The predicted molar refractivity (Wildman–Crippen MR) is 84.2 cm³/mol. The lowest BCUT2D eigenvalue weighted by Crippen LogP contribution is -2.06. The van der Waals surface area contributed by atoms with Crippen molar-refractivity contribution in [2.45, 2.75) is 13.0 Å². The lowest BCUT2D eigenvalue weighted by atomic mass is 10.1. The van der Waals surface area contributed by atoms with Gasteiger partial charge in [0.25, 0.3) is 0 Å². The van der Waals surface area contributed by atoms with Crippen molar-refractivity contribution in [3.8, 4) is 11.5 Å². The summed E-state index contributed by atoms with van der Waals surface area (Å²) in [7, 11) is 1.59. The van der Waals surface area contributed by atoms with E-state index in [-0.39, 0.29) is 12.4 Å². The first-order valence-corrected chi connectivity index (χ1v) is 7.37. The highest BCUT2D eigenvalue weighted by Gasteiger charge is 2.08. The van der Waals surface area contributed by atoms with Crippen LogP contribution in [0.2, 0.25) is 0 Å². The van der Waals surface area contributed by atoms with Crippen molar-refractivity contribution in [3.63, 3.8) is 0 Å². The Hall–Kier alpha value is -1.59. The van der Waals surface area contributed by atoms with Crippen LogP contribution in [0.3, 0.4) is 0 Å². The molecule has 0 radical (unpaired) electrons. The lowest BCUT2D eigenvalue weighted by Gasteiger charge is -2.13. The van der Waals surface area contributed by atoms with Gasteiger partial charge in [0, 0.05) is 16.1 Å². The minimum atomic E-state index is -0.290. The van der Waals surface area contributed by atoms with Gasteiger partial charge in [-0.3, -0.25) is 0 Å². The monoisotopic (exact) mass is 353 g/mol. The smallest absolute Gasteiger partial charge is 0.129 e. The molecule has 0 spiro atoms. The van der Waals surface area contributed by atoms with Crippen LogP contribution in [-0.2, 0) is 13.0 Å². The van der Waals surface area contributed by atoms with Crippen molar-refractivity contribution in [2.24, 2.45) is 5.73 Å². The van der Waals surface area contributed by atoms with Gasteiger partial charge in [-0.05, 0) is 42.8 Å². The normalized spacial score (nSPS) is 10.5. The van der Waals surface area contributed by atoms with Crippen molar-refractivity contribution in [3.05, 3.63) is 57.8 Å². The van der Waals surface area contributed by atoms with Gasteiger partial charge in [0.15, 0.2) is 0 Å². The van der Waals surface area contributed by atoms with Crippen LogP contribution in [0.4, 0.5) is 4.39 Å². The van der Waals surface area contributed by atoms with E-state index < -0.39 is 0 Å². The summed E-state index contributed by atoms with van der Waals surface area (Å²) in [5.41, 5.74) is 7.07. The molecule has 2 aromatic rings. The van der Waals surface area contributed by atoms with Crippen LogP contribution < -0.4 is 15.2 Å². The number of hydrogen-bond acceptors (Lipinski definition) is 3. The largest absolute Gasteiger partial charge is 0.497 e. The van der Waals surface area contributed by atoms with Crippen LogP contribution >= 0.6 is 15.9 Å². The topological polar surface area (TPSA) is 44.5 Å². The SMILES string of the molecule is COc1ccc(CCN)c(OCc2cc(Br)ccc2F)c1. The van der Waals surface area contributed by atoms with Gasteiger partial charge in [0.2, 0.25) is 0 Å². The summed E-state index contributed by atoms with van der Waals surface area (Å²) in [6.45, 7) is 0.671. The van der Waals surface area contributed by atoms with E-state index in [0.717, 1.165) is 10.0 Å². The van der Waals surface area contributed by atoms with E-state index in [2.05, 4.69) is 15.9 Å². The van der Waals surface area contributed by atoms with E-state index in [0.29, 0.717) is 30.0 Å². The zero-order valence-corrected chi connectivity index (χ0v) is 13.3. The highest BCUT2D eigenvalue weighted by molar-refractivity contribution is 9.10. The fraction of sp³-hybridized carbons (Fsp3) is 0.250. The summed E-state index contributed by atoms with van der Waals surface area (Å²) in [6.07, 6.45) is 0.695. The number of ether oxygens (including phenoxy) is 2. The highest BCUT2D eigenvalue weighted by atomic mass is 79.9. The van der Waals surface area contributed by atoms with Gasteiger partial charge in [-0.25, -0.2) is 4.39 Å². The summed E-state index contributed by atoms with van der Waals surface area (Å²) in [4.78, 5) is 0. The lowest BCUT2D eigenvalue weighted by molar-refractivity contribution is 0.294. The summed E-state index contributed by atoms with van der Waals surface area (Å²) in [6, 6.07) is 10.3. The summed E-state index contributed by atoms with van der Waals surface area (Å²) in [5.74, 6) is 1.07. The standard InChI is InChI=1S/C16H17BrFNO2/c1-20-14-4-2-11(6-7-19)16(9-14)21-10-12-8-13(17)3-5-15(12)18/h2-5,8-9H,6-7,10,19H2,1H3. The first kappa shape index (κ1) is 15.8. The Balaban J connectivity index is 2.19. The molecule has 0 aromatic heterocycles. The Kier molecular flexibility index (Phi) is 5.59. The van der Waals surface area contributed by atoms with E-state index in [4.69, 9.17) is 15.2 Å². The molecule has 0 saturated heterocycles. The van der Waals surface area contributed by atoms with Gasteiger partial charge in [-0.15, -0.1) is 0 Å². The zero-order valence-electron chi connectivity index (χ0n) is 11.7. The minimum Gasteiger partial charge on any atom is -0.497 e. The number of methoxy groups -OCH3 is 1.